The van der Waals surface area contributed by atoms with Gasteiger partial charge in [-0.05, 0) is 35.8 Å². The number of fused-ring (bicyclic) bond motifs is 1. The summed E-state index contributed by atoms with van der Waals surface area (Å²) < 4.78 is 0. The molecule has 0 bridgehead atoms. The summed E-state index contributed by atoms with van der Waals surface area (Å²) in [5, 5.41) is 6.15. The number of urea groups is 1. The number of hydrogen-bond donors (Lipinski definition) is 2. The molecule has 1 fully saturated rings. The van der Waals surface area contributed by atoms with E-state index in [1.54, 1.807) is 11.8 Å². The highest BCUT2D eigenvalue weighted by atomic mass is 16.2. The first-order chi connectivity index (χ1) is 11.4. The number of carbonyl (C=O) groups is 2. The zero-order valence-electron chi connectivity index (χ0n) is 14.8. The Morgan fingerprint density at radius 3 is 2.62 bits per heavy atom. The van der Waals surface area contributed by atoms with Crippen molar-refractivity contribution in [3.05, 3.63) is 35.4 Å². The number of amides is 3. The summed E-state index contributed by atoms with van der Waals surface area (Å²) in [6, 6.07) is 8.36. The molecule has 0 radical (unpaired) electrons. The maximum Gasteiger partial charge on any atom is 0.315 e. The molecule has 0 saturated carbocycles. The first kappa shape index (κ1) is 16.8. The van der Waals surface area contributed by atoms with Gasteiger partial charge >= 0.3 is 6.03 Å². The third-order valence-corrected chi connectivity index (χ3v) is 5.40. The lowest BCUT2D eigenvalue weighted by molar-refractivity contribution is -0.127. The first-order valence-electron chi connectivity index (χ1n) is 8.79. The first-order valence-corrected chi connectivity index (χ1v) is 8.79. The molecular formula is C19H27N3O2. The molecule has 1 aromatic carbocycles. The van der Waals surface area contributed by atoms with Gasteiger partial charge in [0.2, 0.25) is 5.91 Å². The number of nitrogens with one attached hydrogen (secondary N) is 2. The number of benzene rings is 1. The minimum atomic E-state index is -0.134. The van der Waals surface area contributed by atoms with Crippen LogP contribution in [0.2, 0.25) is 0 Å². The van der Waals surface area contributed by atoms with Crippen LogP contribution in [0.25, 0.3) is 0 Å². The molecule has 2 N–H and O–H groups in total. The summed E-state index contributed by atoms with van der Waals surface area (Å²) in [6.45, 7) is 7.43. The second kappa shape index (κ2) is 6.46. The van der Waals surface area contributed by atoms with Crippen LogP contribution in [0.3, 0.4) is 0 Å². The van der Waals surface area contributed by atoms with Gasteiger partial charge in [-0.2, -0.15) is 0 Å². The largest absolute Gasteiger partial charge is 0.341 e. The van der Waals surface area contributed by atoms with Crippen LogP contribution >= 0.6 is 0 Å². The van der Waals surface area contributed by atoms with Gasteiger partial charge in [0.25, 0.3) is 0 Å². The van der Waals surface area contributed by atoms with Gasteiger partial charge in [0.1, 0.15) is 0 Å². The summed E-state index contributed by atoms with van der Waals surface area (Å²) in [4.78, 5) is 25.6. The molecule has 1 saturated heterocycles. The summed E-state index contributed by atoms with van der Waals surface area (Å²) in [5.41, 5.74) is 2.70. The summed E-state index contributed by atoms with van der Waals surface area (Å²) >= 11 is 0. The van der Waals surface area contributed by atoms with Crippen molar-refractivity contribution in [1.29, 1.82) is 0 Å². The Labute approximate surface area is 143 Å². The van der Waals surface area contributed by atoms with Gasteiger partial charge in [0.15, 0.2) is 0 Å². The van der Waals surface area contributed by atoms with Gasteiger partial charge < -0.3 is 15.5 Å². The van der Waals surface area contributed by atoms with Crippen molar-refractivity contribution < 1.29 is 9.59 Å². The monoisotopic (exact) mass is 329 g/mol. The van der Waals surface area contributed by atoms with E-state index in [0.29, 0.717) is 6.54 Å². The number of rotatable bonds is 2. The van der Waals surface area contributed by atoms with Gasteiger partial charge in [-0.25, -0.2) is 4.79 Å². The van der Waals surface area contributed by atoms with E-state index in [-0.39, 0.29) is 29.4 Å². The predicted molar refractivity (Wildman–Crippen MR) is 93.8 cm³/mol. The molecule has 5 heteroatoms. The number of likely N-dealkylation sites (tertiary alicyclic amines) is 1. The van der Waals surface area contributed by atoms with E-state index in [4.69, 9.17) is 0 Å². The van der Waals surface area contributed by atoms with Crippen LogP contribution in [0.4, 0.5) is 4.79 Å². The molecule has 130 valence electrons. The molecule has 1 aromatic rings. The fourth-order valence-electron chi connectivity index (χ4n) is 3.91. The smallest absolute Gasteiger partial charge is 0.315 e. The van der Waals surface area contributed by atoms with Crippen LogP contribution in [0.5, 0.6) is 0 Å². The number of carbonyl (C=O) groups excluding carboxylic acids is 2. The Bertz CT molecular complexity index is 641. The highest BCUT2D eigenvalue weighted by Crippen LogP contribution is 2.41. The molecule has 0 spiro atoms. The third kappa shape index (κ3) is 3.40. The lowest BCUT2D eigenvalue weighted by atomic mass is 9.71. The quantitative estimate of drug-likeness (QED) is 0.876. The van der Waals surface area contributed by atoms with E-state index in [9.17, 15) is 9.59 Å². The average molecular weight is 329 g/mol. The van der Waals surface area contributed by atoms with E-state index in [2.05, 4.69) is 42.7 Å². The molecule has 2 aliphatic rings. The molecule has 1 heterocycles. The van der Waals surface area contributed by atoms with Crippen LogP contribution in [0, 0.1) is 0 Å². The van der Waals surface area contributed by atoms with E-state index < -0.39 is 0 Å². The molecule has 1 aliphatic heterocycles. The van der Waals surface area contributed by atoms with Gasteiger partial charge in [-0.15, -0.1) is 0 Å². The lowest BCUT2D eigenvalue weighted by Gasteiger charge is -2.37. The van der Waals surface area contributed by atoms with E-state index in [1.807, 2.05) is 6.07 Å². The van der Waals surface area contributed by atoms with Crippen molar-refractivity contribution in [1.82, 2.24) is 15.5 Å². The lowest BCUT2D eigenvalue weighted by Crippen LogP contribution is -2.46. The molecule has 2 atom stereocenters. The molecule has 0 aromatic heterocycles. The van der Waals surface area contributed by atoms with Gasteiger partial charge in [-0.3, -0.25) is 4.79 Å². The maximum atomic E-state index is 12.4. The van der Waals surface area contributed by atoms with Crippen LogP contribution in [-0.4, -0.2) is 36.0 Å². The minimum absolute atomic E-state index is 0.0455. The maximum absolute atomic E-state index is 12.4. The third-order valence-electron chi connectivity index (χ3n) is 5.40. The molecule has 3 amide bonds. The van der Waals surface area contributed by atoms with Crippen LogP contribution in [-0.2, 0) is 10.2 Å². The molecule has 0 unspecified atom stereocenters. The Hall–Kier alpha value is -2.04. The Balaban J connectivity index is 1.62. The molecule has 24 heavy (non-hydrogen) atoms. The Kier molecular flexibility index (Phi) is 4.52. The van der Waals surface area contributed by atoms with Gasteiger partial charge in [0, 0.05) is 26.1 Å². The van der Waals surface area contributed by atoms with Crippen molar-refractivity contribution in [3.63, 3.8) is 0 Å². The topological polar surface area (TPSA) is 61.4 Å². The predicted octanol–water partition coefficient (Wildman–Crippen LogP) is 2.72. The van der Waals surface area contributed by atoms with Gasteiger partial charge in [0.05, 0.1) is 6.04 Å². The minimum Gasteiger partial charge on any atom is -0.341 e. The normalized spacial score (nSPS) is 25.0. The molecule has 3 rings (SSSR count). The van der Waals surface area contributed by atoms with Crippen molar-refractivity contribution >= 4 is 11.9 Å². The zero-order chi connectivity index (χ0) is 17.3. The second-order valence-electron chi connectivity index (χ2n) is 7.63. The summed E-state index contributed by atoms with van der Waals surface area (Å²) in [5.74, 6) is 0.0724. The average Bonchev–Trinajstić information content (AvgIpc) is 2.99. The van der Waals surface area contributed by atoms with Crippen LogP contribution < -0.4 is 10.6 Å². The standard InChI is InChI=1S/C19H27N3O2/c1-13(23)22-11-9-14(12-22)20-18(24)21-17-8-10-19(2,3)16-7-5-4-6-15(16)17/h4-7,14,17H,8-12H2,1-3H3,(H2,20,21,24)/t14-,17-/m1/s1. The van der Waals surface area contributed by atoms with E-state index in [0.717, 1.165) is 25.8 Å². The fraction of sp³-hybridized carbons (Fsp3) is 0.579. The number of hydrogen-bond acceptors (Lipinski definition) is 2. The fourth-order valence-corrected chi connectivity index (χ4v) is 3.91. The van der Waals surface area contributed by atoms with Crippen LogP contribution in [0.1, 0.15) is 57.2 Å². The molecular weight excluding hydrogens is 302 g/mol. The summed E-state index contributed by atoms with van der Waals surface area (Å²) in [6.07, 6.45) is 2.82. The van der Waals surface area contributed by atoms with Crippen molar-refractivity contribution in [2.45, 2.75) is 57.5 Å². The molecule has 5 nitrogen and oxygen atoms in total. The highest BCUT2D eigenvalue weighted by Gasteiger charge is 2.33. The number of nitrogens with zero attached hydrogens (tertiary/aromatic N) is 1. The van der Waals surface area contributed by atoms with E-state index >= 15 is 0 Å². The van der Waals surface area contributed by atoms with E-state index in [1.165, 1.54) is 11.1 Å². The molecule has 1 aliphatic carbocycles. The van der Waals surface area contributed by atoms with Crippen molar-refractivity contribution in [2.24, 2.45) is 0 Å². The second-order valence-corrected chi connectivity index (χ2v) is 7.63. The van der Waals surface area contributed by atoms with Crippen molar-refractivity contribution in [3.8, 4) is 0 Å². The van der Waals surface area contributed by atoms with Crippen LogP contribution in [0.15, 0.2) is 24.3 Å². The highest BCUT2D eigenvalue weighted by molar-refractivity contribution is 5.76. The zero-order valence-corrected chi connectivity index (χ0v) is 14.8. The Morgan fingerprint density at radius 1 is 1.17 bits per heavy atom. The van der Waals surface area contributed by atoms with Crippen molar-refractivity contribution in [2.75, 3.05) is 13.1 Å². The summed E-state index contributed by atoms with van der Waals surface area (Å²) in [7, 11) is 0. The van der Waals surface area contributed by atoms with Gasteiger partial charge in [-0.1, -0.05) is 38.1 Å². The SMILES string of the molecule is CC(=O)N1CC[C@@H](NC(=O)N[C@@H]2CCC(C)(C)c3ccccc32)C1. The Morgan fingerprint density at radius 2 is 1.92 bits per heavy atom.